The average Bonchev–Trinajstić information content (AvgIpc) is 4.07. The second-order valence-electron chi connectivity index (χ2n) is 15.5. The fourth-order valence-corrected chi connectivity index (χ4v) is 10.4. The molecule has 0 bridgehead atoms. The van der Waals surface area contributed by atoms with Gasteiger partial charge in [0.25, 0.3) is 0 Å². The molecular formula is C57H35N5S. The molecule has 0 unspecified atom stereocenters. The van der Waals surface area contributed by atoms with Crippen molar-refractivity contribution in [1.29, 1.82) is 0 Å². The van der Waals surface area contributed by atoms with Gasteiger partial charge in [-0.2, -0.15) is 0 Å². The van der Waals surface area contributed by atoms with E-state index in [9.17, 15) is 2.74 Å². The molecule has 0 fully saturated rings. The number of hydrogen-bond donors (Lipinski definition) is 0. The number of nitrogens with zero attached hydrogens (tertiary/aromatic N) is 5. The monoisotopic (exact) mass is 827 g/mol. The number of fused-ring (bicyclic) bond motifs is 9. The number of thiophene rings is 1. The molecule has 0 atom stereocenters. The predicted octanol–water partition coefficient (Wildman–Crippen LogP) is 15.1. The number of aromatic nitrogens is 5. The van der Waals surface area contributed by atoms with Crippen LogP contribution < -0.4 is 0 Å². The Balaban J connectivity index is 1.13. The van der Waals surface area contributed by atoms with Crippen LogP contribution in [-0.4, -0.2) is 24.1 Å². The van der Waals surface area contributed by atoms with Gasteiger partial charge in [-0.3, -0.25) is 0 Å². The van der Waals surface area contributed by atoms with Gasteiger partial charge in [-0.05, 0) is 60.6 Å². The summed E-state index contributed by atoms with van der Waals surface area (Å²) in [6.07, 6.45) is 0. The molecule has 4 heterocycles. The summed E-state index contributed by atoms with van der Waals surface area (Å²) in [5.41, 5.74) is 8.15. The molecule has 0 saturated heterocycles. The van der Waals surface area contributed by atoms with E-state index in [0.29, 0.717) is 28.7 Å². The first-order chi connectivity index (χ1) is 33.7. The zero-order valence-corrected chi connectivity index (χ0v) is 34.2. The summed E-state index contributed by atoms with van der Waals surface area (Å²) < 4.78 is 60.4. The van der Waals surface area contributed by atoms with Crippen LogP contribution in [0.25, 0.3) is 120 Å². The standard InChI is InChI=1S/C57H35N5S/c1-3-17-36(18-4-1)55-58-56(60-57(59-55)46-28-15-25-43-41-23-9-11-29-48(41)61(53(43)46)38-19-5-2-6-20-38)37-33-34-51(62-49-30-12-7-21-39(49)40-22-8-13-31-50(40)62)47(35-37)45-27-16-26-44-42-24-10-14-32-52(42)63-54(44)45/h1-35H/i7D,8D,21D,22D,30D,31D. The molecule has 6 heteroatoms. The van der Waals surface area contributed by atoms with Crippen LogP contribution >= 0.6 is 11.3 Å². The van der Waals surface area contributed by atoms with Crippen molar-refractivity contribution in [2.75, 3.05) is 0 Å². The highest BCUT2D eigenvalue weighted by Crippen LogP contribution is 2.45. The van der Waals surface area contributed by atoms with E-state index in [1.54, 1.807) is 15.9 Å². The second kappa shape index (κ2) is 14.2. The quantitative estimate of drug-likeness (QED) is 0.168. The lowest BCUT2D eigenvalue weighted by atomic mass is 9.98. The molecule has 9 aromatic carbocycles. The number of para-hydroxylation sites is 5. The molecule has 13 aromatic rings. The number of benzene rings is 9. The van der Waals surface area contributed by atoms with Crippen molar-refractivity contribution in [2.24, 2.45) is 0 Å². The second-order valence-corrected chi connectivity index (χ2v) is 16.5. The SMILES string of the molecule is [2H]c1cc([2H])c2c(c1[2H])c1c([2H])c([2H])cc([2H])c1n2-c1ccc(-c2nc(-c3ccccc3)nc(-c3cccc4c5ccccc5n(-c5ccccc5)c34)n2)cc1-c1cccc2c1sc1ccccc12. The fourth-order valence-electron chi connectivity index (χ4n) is 9.19. The van der Waals surface area contributed by atoms with Crippen LogP contribution in [0.4, 0.5) is 0 Å². The lowest BCUT2D eigenvalue weighted by Gasteiger charge is -2.17. The number of hydrogen-bond acceptors (Lipinski definition) is 4. The van der Waals surface area contributed by atoms with Gasteiger partial charge >= 0.3 is 0 Å². The summed E-state index contributed by atoms with van der Waals surface area (Å²) in [5.74, 6) is 1.42. The Hall–Kier alpha value is -8.19. The summed E-state index contributed by atoms with van der Waals surface area (Å²) in [6, 6.07) is 57.3. The first-order valence-corrected chi connectivity index (χ1v) is 21.5. The van der Waals surface area contributed by atoms with Crippen LogP contribution in [0.5, 0.6) is 0 Å². The molecule has 0 amide bonds. The van der Waals surface area contributed by atoms with Crippen molar-refractivity contribution in [1.82, 2.24) is 24.1 Å². The lowest BCUT2D eigenvalue weighted by molar-refractivity contribution is 1.07. The van der Waals surface area contributed by atoms with E-state index in [2.05, 4.69) is 89.5 Å². The zero-order chi connectivity index (χ0) is 46.7. The third kappa shape index (κ3) is 5.59. The minimum atomic E-state index is -0.168. The summed E-state index contributed by atoms with van der Waals surface area (Å²) in [4.78, 5) is 15.8. The van der Waals surface area contributed by atoms with Crippen LogP contribution in [0.2, 0.25) is 0 Å². The zero-order valence-electron chi connectivity index (χ0n) is 39.4. The van der Waals surface area contributed by atoms with Crippen LogP contribution in [-0.2, 0) is 0 Å². The first kappa shape index (κ1) is 29.9. The topological polar surface area (TPSA) is 48.5 Å². The molecule has 294 valence electrons. The highest BCUT2D eigenvalue weighted by Gasteiger charge is 2.23. The Morgan fingerprint density at radius 3 is 1.79 bits per heavy atom. The summed E-state index contributed by atoms with van der Waals surface area (Å²) in [6.45, 7) is 0. The van der Waals surface area contributed by atoms with Crippen molar-refractivity contribution in [3.63, 3.8) is 0 Å². The fraction of sp³-hybridized carbons (Fsp3) is 0. The van der Waals surface area contributed by atoms with Gasteiger partial charge in [-0.25, -0.2) is 15.0 Å². The maximum atomic E-state index is 9.33. The largest absolute Gasteiger partial charge is 0.309 e. The van der Waals surface area contributed by atoms with Crippen molar-refractivity contribution in [3.8, 4) is 56.7 Å². The van der Waals surface area contributed by atoms with Gasteiger partial charge in [0.05, 0.1) is 36.0 Å². The van der Waals surface area contributed by atoms with Gasteiger partial charge in [-0.1, -0.05) is 152 Å². The Morgan fingerprint density at radius 1 is 0.397 bits per heavy atom. The van der Waals surface area contributed by atoms with Crippen LogP contribution in [0.3, 0.4) is 0 Å². The molecule has 0 aliphatic carbocycles. The van der Waals surface area contributed by atoms with E-state index in [1.807, 2.05) is 78.9 Å². The van der Waals surface area contributed by atoms with Gasteiger partial charge in [0.2, 0.25) is 0 Å². The highest BCUT2D eigenvalue weighted by atomic mass is 32.1. The average molecular weight is 828 g/mol. The molecular weight excluding hydrogens is 787 g/mol. The minimum Gasteiger partial charge on any atom is -0.309 e. The smallest absolute Gasteiger partial charge is 0.166 e. The maximum absolute atomic E-state index is 9.33. The van der Waals surface area contributed by atoms with E-state index >= 15 is 0 Å². The third-order valence-corrected chi connectivity index (χ3v) is 13.2. The van der Waals surface area contributed by atoms with Gasteiger partial charge in [0.15, 0.2) is 17.5 Å². The molecule has 4 aromatic heterocycles. The normalized spacial score (nSPS) is 13.1. The molecule has 63 heavy (non-hydrogen) atoms. The summed E-state index contributed by atoms with van der Waals surface area (Å²) >= 11 is 1.68. The highest BCUT2D eigenvalue weighted by molar-refractivity contribution is 7.26. The molecule has 13 rings (SSSR count). The van der Waals surface area contributed by atoms with Gasteiger partial charge in [-0.15, -0.1) is 11.3 Å². The Kier molecular flexibility index (Phi) is 6.75. The molecule has 0 spiro atoms. The first-order valence-electron chi connectivity index (χ1n) is 23.7. The Morgan fingerprint density at radius 2 is 1.02 bits per heavy atom. The van der Waals surface area contributed by atoms with E-state index in [4.69, 9.17) is 20.4 Å². The van der Waals surface area contributed by atoms with Crippen molar-refractivity contribution in [2.45, 2.75) is 0 Å². The van der Waals surface area contributed by atoms with Gasteiger partial charge in [0.1, 0.15) is 0 Å². The molecule has 0 aliphatic heterocycles. The molecule has 0 aliphatic rings. The lowest BCUT2D eigenvalue weighted by Crippen LogP contribution is -2.03. The van der Waals surface area contributed by atoms with Gasteiger partial charge < -0.3 is 9.13 Å². The predicted molar refractivity (Wildman–Crippen MR) is 263 cm³/mol. The Labute approximate surface area is 374 Å². The van der Waals surface area contributed by atoms with Crippen LogP contribution in [0, 0.1) is 0 Å². The third-order valence-electron chi connectivity index (χ3n) is 11.9. The summed E-state index contributed by atoms with van der Waals surface area (Å²) in [5, 5.41) is 4.76. The van der Waals surface area contributed by atoms with Gasteiger partial charge in [0, 0.05) is 75.2 Å². The molecule has 0 saturated carbocycles. The Bertz CT molecular complexity index is 4210. The van der Waals surface area contributed by atoms with Crippen molar-refractivity contribution >= 4 is 75.1 Å². The van der Waals surface area contributed by atoms with E-state index in [-0.39, 0.29) is 58.1 Å². The van der Waals surface area contributed by atoms with Crippen LogP contribution in [0.15, 0.2) is 212 Å². The summed E-state index contributed by atoms with van der Waals surface area (Å²) in [7, 11) is 0. The van der Waals surface area contributed by atoms with E-state index in [0.717, 1.165) is 69.9 Å². The molecule has 0 radical (unpaired) electrons. The van der Waals surface area contributed by atoms with E-state index < -0.39 is 0 Å². The maximum Gasteiger partial charge on any atom is 0.166 e. The van der Waals surface area contributed by atoms with Crippen molar-refractivity contribution in [3.05, 3.63) is 212 Å². The number of rotatable bonds is 6. The minimum absolute atomic E-state index is 0.0284. The van der Waals surface area contributed by atoms with E-state index in [1.165, 1.54) is 12.1 Å². The molecule has 0 N–H and O–H groups in total. The van der Waals surface area contributed by atoms with Crippen LogP contribution in [0.1, 0.15) is 8.22 Å². The van der Waals surface area contributed by atoms with Crippen molar-refractivity contribution < 1.29 is 8.22 Å². The molecule has 5 nitrogen and oxygen atoms in total.